The van der Waals surface area contributed by atoms with E-state index in [1.165, 1.54) is 23.4 Å². The summed E-state index contributed by atoms with van der Waals surface area (Å²) in [6.07, 6.45) is 3.42. The summed E-state index contributed by atoms with van der Waals surface area (Å²) in [5.74, 6) is 0. The summed E-state index contributed by atoms with van der Waals surface area (Å²) in [7, 11) is 0. The summed E-state index contributed by atoms with van der Waals surface area (Å²) in [6.45, 7) is 4.28. The van der Waals surface area contributed by atoms with Crippen LogP contribution in [-0.4, -0.2) is 11.0 Å². The van der Waals surface area contributed by atoms with Crippen molar-refractivity contribution in [2.45, 2.75) is 45.2 Å². The molecule has 0 saturated heterocycles. The molecule has 112 valence electrons. The van der Waals surface area contributed by atoms with Crippen LogP contribution in [0.4, 0.5) is 0 Å². The quantitative estimate of drug-likeness (QED) is 0.812. The first-order chi connectivity index (χ1) is 10.1. The number of nitrogens with one attached hydrogen (secondary N) is 1. The van der Waals surface area contributed by atoms with Crippen molar-refractivity contribution in [3.63, 3.8) is 0 Å². The largest absolute Gasteiger partial charge is 0.301 e. The predicted molar refractivity (Wildman–Crippen MR) is 90.7 cm³/mol. The standard InChI is InChI=1S/C16H18Cl2N2S/c1-3-14-9(2)21-16(20-14)15(19-11-5-6-11)12-7-4-10(17)8-13(12)18/h4,7-8,11,15,19H,3,5-6H2,1-2H3. The van der Waals surface area contributed by atoms with E-state index in [1.54, 1.807) is 17.4 Å². The summed E-state index contributed by atoms with van der Waals surface area (Å²) in [6, 6.07) is 6.35. The van der Waals surface area contributed by atoms with Gasteiger partial charge in [-0.3, -0.25) is 0 Å². The van der Waals surface area contributed by atoms with Crippen LogP contribution in [-0.2, 0) is 6.42 Å². The first-order valence-electron chi connectivity index (χ1n) is 7.25. The Labute approximate surface area is 139 Å². The summed E-state index contributed by atoms with van der Waals surface area (Å²) in [5.41, 5.74) is 2.24. The van der Waals surface area contributed by atoms with Crippen molar-refractivity contribution in [3.05, 3.63) is 49.4 Å². The zero-order chi connectivity index (χ0) is 15.0. The van der Waals surface area contributed by atoms with Gasteiger partial charge in [0.15, 0.2) is 0 Å². The second-order valence-electron chi connectivity index (χ2n) is 5.45. The lowest BCUT2D eigenvalue weighted by atomic mass is 10.1. The Morgan fingerprint density at radius 3 is 2.71 bits per heavy atom. The SMILES string of the molecule is CCc1nc(C(NC2CC2)c2ccc(Cl)cc2Cl)sc1C. The Morgan fingerprint density at radius 1 is 1.38 bits per heavy atom. The van der Waals surface area contributed by atoms with Gasteiger partial charge in [-0.2, -0.15) is 0 Å². The molecule has 1 heterocycles. The van der Waals surface area contributed by atoms with Gasteiger partial charge in [0.2, 0.25) is 0 Å². The van der Waals surface area contributed by atoms with Crippen molar-refractivity contribution < 1.29 is 0 Å². The topological polar surface area (TPSA) is 24.9 Å². The molecular weight excluding hydrogens is 323 g/mol. The number of aromatic nitrogens is 1. The maximum absolute atomic E-state index is 6.41. The van der Waals surface area contributed by atoms with Gasteiger partial charge in [-0.1, -0.05) is 36.2 Å². The van der Waals surface area contributed by atoms with E-state index in [2.05, 4.69) is 19.2 Å². The number of hydrogen-bond donors (Lipinski definition) is 1. The molecule has 0 bridgehead atoms. The van der Waals surface area contributed by atoms with Crippen LogP contribution in [0.15, 0.2) is 18.2 Å². The lowest BCUT2D eigenvalue weighted by Gasteiger charge is -2.18. The number of nitrogens with zero attached hydrogens (tertiary/aromatic N) is 1. The zero-order valence-electron chi connectivity index (χ0n) is 12.1. The van der Waals surface area contributed by atoms with E-state index < -0.39 is 0 Å². The van der Waals surface area contributed by atoms with Gasteiger partial charge in [0, 0.05) is 21.0 Å². The Kier molecular flexibility index (Phi) is 4.55. The van der Waals surface area contributed by atoms with Gasteiger partial charge < -0.3 is 5.32 Å². The van der Waals surface area contributed by atoms with Crippen LogP contribution in [0.2, 0.25) is 10.0 Å². The van der Waals surface area contributed by atoms with Crippen molar-refractivity contribution in [1.82, 2.24) is 10.3 Å². The third-order valence-corrected chi connectivity index (χ3v) is 5.38. The minimum atomic E-state index is 0.0614. The van der Waals surface area contributed by atoms with E-state index in [4.69, 9.17) is 28.2 Å². The normalized spacial score (nSPS) is 16.2. The molecule has 1 N–H and O–H groups in total. The fourth-order valence-corrected chi connectivity index (χ4v) is 4.03. The van der Waals surface area contributed by atoms with Crippen molar-refractivity contribution in [1.29, 1.82) is 0 Å². The Hall–Kier alpha value is -0.610. The number of halogens is 2. The average Bonchev–Trinajstić information content (AvgIpc) is 3.18. The molecule has 1 aliphatic carbocycles. The van der Waals surface area contributed by atoms with Crippen molar-refractivity contribution >= 4 is 34.5 Å². The van der Waals surface area contributed by atoms with Crippen LogP contribution in [0.1, 0.15) is 46.9 Å². The number of benzene rings is 1. The molecule has 0 spiro atoms. The Morgan fingerprint density at radius 2 is 2.14 bits per heavy atom. The predicted octanol–water partition coefficient (Wildman–Crippen LogP) is 5.16. The number of hydrogen-bond acceptors (Lipinski definition) is 3. The first kappa shape index (κ1) is 15.3. The summed E-state index contributed by atoms with van der Waals surface area (Å²) in [4.78, 5) is 6.11. The molecule has 2 nitrogen and oxygen atoms in total. The second kappa shape index (κ2) is 6.25. The summed E-state index contributed by atoms with van der Waals surface area (Å²) < 4.78 is 0. The van der Waals surface area contributed by atoms with Crippen molar-refractivity contribution in [2.75, 3.05) is 0 Å². The average molecular weight is 341 g/mol. The van der Waals surface area contributed by atoms with E-state index in [0.29, 0.717) is 16.1 Å². The lowest BCUT2D eigenvalue weighted by molar-refractivity contribution is 0.597. The highest BCUT2D eigenvalue weighted by molar-refractivity contribution is 7.11. The van der Waals surface area contributed by atoms with Crippen molar-refractivity contribution in [3.8, 4) is 0 Å². The molecule has 2 aromatic rings. The fourth-order valence-electron chi connectivity index (χ4n) is 2.42. The van der Waals surface area contributed by atoms with Gasteiger partial charge in [-0.25, -0.2) is 4.98 Å². The Balaban J connectivity index is 1.99. The molecule has 21 heavy (non-hydrogen) atoms. The third-order valence-electron chi connectivity index (χ3n) is 3.74. The van der Waals surface area contributed by atoms with Crippen LogP contribution in [0.3, 0.4) is 0 Å². The monoisotopic (exact) mass is 340 g/mol. The first-order valence-corrected chi connectivity index (χ1v) is 8.83. The zero-order valence-corrected chi connectivity index (χ0v) is 14.4. The number of thiazole rings is 1. The van der Waals surface area contributed by atoms with E-state index >= 15 is 0 Å². The number of rotatable bonds is 5. The van der Waals surface area contributed by atoms with Gasteiger partial charge in [0.1, 0.15) is 5.01 Å². The molecule has 3 rings (SSSR count). The minimum Gasteiger partial charge on any atom is -0.301 e. The molecule has 1 saturated carbocycles. The van der Waals surface area contributed by atoms with Crippen molar-refractivity contribution in [2.24, 2.45) is 0 Å². The molecule has 1 unspecified atom stereocenters. The molecule has 1 atom stereocenters. The fraction of sp³-hybridized carbons (Fsp3) is 0.438. The van der Waals surface area contributed by atoms with Gasteiger partial charge in [0.05, 0.1) is 11.7 Å². The lowest BCUT2D eigenvalue weighted by Crippen LogP contribution is -2.24. The van der Waals surface area contributed by atoms with Gasteiger partial charge in [0.25, 0.3) is 0 Å². The van der Waals surface area contributed by atoms with Gasteiger partial charge in [-0.05, 0) is 43.9 Å². The highest BCUT2D eigenvalue weighted by Crippen LogP contribution is 2.36. The molecule has 0 aliphatic heterocycles. The molecular formula is C16H18Cl2N2S. The highest BCUT2D eigenvalue weighted by Gasteiger charge is 2.29. The van der Waals surface area contributed by atoms with Crippen LogP contribution < -0.4 is 5.32 Å². The minimum absolute atomic E-state index is 0.0614. The second-order valence-corrected chi connectivity index (χ2v) is 7.53. The van der Waals surface area contributed by atoms with E-state index in [1.807, 2.05) is 12.1 Å². The molecule has 0 amide bonds. The molecule has 0 radical (unpaired) electrons. The van der Waals surface area contributed by atoms with E-state index in [0.717, 1.165) is 17.0 Å². The maximum atomic E-state index is 6.41. The van der Waals surface area contributed by atoms with Gasteiger partial charge >= 0.3 is 0 Å². The molecule has 1 fully saturated rings. The van der Waals surface area contributed by atoms with Gasteiger partial charge in [-0.15, -0.1) is 11.3 Å². The molecule has 1 aromatic heterocycles. The highest BCUT2D eigenvalue weighted by atomic mass is 35.5. The molecule has 1 aromatic carbocycles. The van der Waals surface area contributed by atoms with Crippen LogP contribution in [0, 0.1) is 6.92 Å². The maximum Gasteiger partial charge on any atom is 0.115 e. The van der Waals surface area contributed by atoms with E-state index in [-0.39, 0.29) is 6.04 Å². The molecule has 1 aliphatic rings. The third kappa shape index (κ3) is 3.42. The smallest absolute Gasteiger partial charge is 0.115 e. The Bertz CT molecular complexity index is 650. The number of aryl methyl sites for hydroxylation is 2. The van der Waals surface area contributed by atoms with Crippen LogP contribution in [0.5, 0.6) is 0 Å². The van der Waals surface area contributed by atoms with Crippen LogP contribution in [0.25, 0.3) is 0 Å². The molecule has 5 heteroatoms. The summed E-state index contributed by atoms with van der Waals surface area (Å²) in [5, 5.41) is 6.13. The van der Waals surface area contributed by atoms with E-state index in [9.17, 15) is 0 Å². The summed E-state index contributed by atoms with van der Waals surface area (Å²) >= 11 is 14.2. The van der Waals surface area contributed by atoms with Crippen LogP contribution >= 0.6 is 34.5 Å².